The van der Waals surface area contributed by atoms with Gasteiger partial charge in [-0.3, -0.25) is 0 Å². The number of carbonyl (C=O) groups is 4. The third kappa shape index (κ3) is 5.17. The molecule has 0 unspecified atom stereocenters. The van der Waals surface area contributed by atoms with Crippen molar-refractivity contribution in [3.05, 3.63) is 94.5 Å². The van der Waals surface area contributed by atoms with Crippen LogP contribution in [-0.2, 0) is 4.74 Å². The maximum absolute atomic E-state index is 12.4. The quantitative estimate of drug-likeness (QED) is 0.458. The summed E-state index contributed by atoms with van der Waals surface area (Å²) in [5, 5.41) is 8.92. The molecule has 0 heterocycles. The summed E-state index contributed by atoms with van der Waals surface area (Å²) < 4.78 is 15.3. The smallest absolute Gasteiger partial charge is 0.343 e. The van der Waals surface area contributed by atoms with E-state index < -0.39 is 23.9 Å². The molecule has 162 valence electrons. The Morgan fingerprint density at radius 2 is 1.12 bits per heavy atom. The maximum Gasteiger partial charge on any atom is 0.343 e. The van der Waals surface area contributed by atoms with Gasteiger partial charge in [-0.1, -0.05) is 0 Å². The van der Waals surface area contributed by atoms with Crippen LogP contribution in [0.2, 0.25) is 0 Å². The van der Waals surface area contributed by atoms with Crippen molar-refractivity contribution in [2.45, 2.75) is 6.92 Å². The molecule has 8 heteroatoms. The van der Waals surface area contributed by atoms with E-state index in [-0.39, 0.29) is 28.2 Å². The molecule has 0 atom stereocenters. The highest BCUT2D eigenvalue weighted by Crippen LogP contribution is 2.25. The Bertz CT molecular complexity index is 1180. The number of aromatic carboxylic acids is 1. The molecule has 3 rings (SSSR count). The van der Waals surface area contributed by atoms with Crippen LogP contribution in [0.3, 0.4) is 0 Å². The summed E-state index contributed by atoms with van der Waals surface area (Å²) in [5.74, 6) is -2.37. The normalized spacial score (nSPS) is 10.2. The van der Waals surface area contributed by atoms with E-state index in [0.29, 0.717) is 11.1 Å². The van der Waals surface area contributed by atoms with Gasteiger partial charge in [0.1, 0.15) is 11.5 Å². The number of carbonyl (C=O) groups excluding carboxylic acids is 3. The number of hydrogen-bond acceptors (Lipinski definition) is 7. The van der Waals surface area contributed by atoms with E-state index in [1.807, 2.05) is 0 Å². The number of ether oxygens (including phenoxy) is 3. The molecule has 3 aromatic carbocycles. The molecule has 0 saturated carbocycles. The fourth-order valence-electron chi connectivity index (χ4n) is 2.73. The lowest BCUT2D eigenvalue weighted by Gasteiger charge is -2.10. The Morgan fingerprint density at radius 1 is 0.656 bits per heavy atom. The van der Waals surface area contributed by atoms with Crippen molar-refractivity contribution in [1.82, 2.24) is 0 Å². The number of rotatable bonds is 6. The van der Waals surface area contributed by atoms with Gasteiger partial charge in [0.15, 0.2) is 0 Å². The second kappa shape index (κ2) is 9.57. The molecule has 0 spiro atoms. The molecular weight excluding hydrogens is 416 g/mol. The average Bonchev–Trinajstić information content (AvgIpc) is 2.80. The van der Waals surface area contributed by atoms with Crippen LogP contribution in [0.5, 0.6) is 11.5 Å². The van der Waals surface area contributed by atoms with Gasteiger partial charge in [-0.2, -0.15) is 0 Å². The lowest BCUT2D eigenvalue weighted by molar-refractivity contribution is 0.0598. The first-order valence-corrected chi connectivity index (χ1v) is 9.35. The Hall–Kier alpha value is -4.46. The molecule has 0 bridgehead atoms. The molecule has 3 aromatic rings. The first-order chi connectivity index (χ1) is 15.3. The summed E-state index contributed by atoms with van der Waals surface area (Å²) in [6, 6.07) is 15.7. The number of methoxy groups -OCH3 is 1. The molecule has 32 heavy (non-hydrogen) atoms. The molecule has 0 aliphatic rings. The van der Waals surface area contributed by atoms with E-state index >= 15 is 0 Å². The van der Waals surface area contributed by atoms with Crippen molar-refractivity contribution < 1.29 is 38.5 Å². The average molecular weight is 434 g/mol. The van der Waals surface area contributed by atoms with Crippen molar-refractivity contribution in [3.8, 4) is 11.5 Å². The van der Waals surface area contributed by atoms with E-state index in [9.17, 15) is 19.2 Å². The van der Waals surface area contributed by atoms with Gasteiger partial charge in [0, 0.05) is 0 Å². The van der Waals surface area contributed by atoms with Gasteiger partial charge in [0.05, 0.1) is 29.4 Å². The largest absolute Gasteiger partial charge is 0.478 e. The van der Waals surface area contributed by atoms with Crippen LogP contribution in [0.1, 0.15) is 47.0 Å². The van der Waals surface area contributed by atoms with E-state index in [2.05, 4.69) is 4.74 Å². The van der Waals surface area contributed by atoms with Crippen LogP contribution in [0.25, 0.3) is 0 Å². The predicted octanol–water partition coefficient (Wildman–Crippen LogP) is 3.92. The second-order valence-electron chi connectivity index (χ2n) is 6.66. The zero-order valence-corrected chi connectivity index (χ0v) is 17.2. The summed E-state index contributed by atoms with van der Waals surface area (Å²) in [4.78, 5) is 47.0. The van der Waals surface area contributed by atoms with E-state index in [4.69, 9.17) is 14.6 Å². The Balaban J connectivity index is 1.66. The number of hydrogen-bond donors (Lipinski definition) is 1. The lowest BCUT2D eigenvalue weighted by atomic mass is 10.1. The summed E-state index contributed by atoms with van der Waals surface area (Å²) in [5.41, 5.74) is 1.36. The maximum atomic E-state index is 12.4. The van der Waals surface area contributed by atoms with E-state index in [1.165, 1.54) is 73.8 Å². The molecule has 0 saturated heterocycles. The van der Waals surface area contributed by atoms with Crippen molar-refractivity contribution in [2.75, 3.05) is 7.11 Å². The summed E-state index contributed by atoms with van der Waals surface area (Å²) >= 11 is 0. The lowest BCUT2D eigenvalue weighted by Crippen LogP contribution is -2.11. The molecule has 0 fully saturated rings. The highest BCUT2D eigenvalue weighted by atomic mass is 16.5. The van der Waals surface area contributed by atoms with Gasteiger partial charge < -0.3 is 19.3 Å². The van der Waals surface area contributed by atoms with Crippen molar-refractivity contribution in [3.63, 3.8) is 0 Å². The third-order valence-corrected chi connectivity index (χ3v) is 4.47. The van der Waals surface area contributed by atoms with Gasteiger partial charge in [0.25, 0.3) is 0 Å². The molecule has 1 N–H and O–H groups in total. The molecular formula is C24H18O8. The van der Waals surface area contributed by atoms with Crippen LogP contribution in [0, 0.1) is 6.92 Å². The zero-order valence-electron chi connectivity index (χ0n) is 17.2. The zero-order chi connectivity index (χ0) is 23.3. The van der Waals surface area contributed by atoms with Gasteiger partial charge in [0.2, 0.25) is 0 Å². The highest BCUT2D eigenvalue weighted by Gasteiger charge is 2.15. The predicted molar refractivity (Wildman–Crippen MR) is 112 cm³/mol. The van der Waals surface area contributed by atoms with Crippen LogP contribution >= 0.6 is 0 Å². The van der Waals surface area contributed by atoms with Crippen molar-refractivity contribution in [1.29, 1.82) is 0 Å². The second-order valence-corrected chi connectivity index (χ2v) is 6.66. The van der Waals surface area contributed by atoms with E-state index in [0.717, 1.165) is 0 Å². The molecule has 0 aliphatic heterocycles. The Labute approximate surface area is 183 Å². The Morgan fingerprint density at radius 3 is 1.59 bits per heavy atom. The fraction of sp³-hybridized carbons (Fsp3) is 0.0833. The van der Waals surface area contributed by atoms with Crippen LogP contribution < -0.4 is 9.47 Å². The van der Waals surface area contributed by atoms with Crippen molar-refractivity contribution in [2.24, 2.45) is 0 Å². The number of esters is 3. The Kier molecular flexibility index (Phi) is 6.65. The van der Waals surface area contributed by atoms with Crippen LogP contribution in [0.15, 0.2) is 66.7 Å². The summed E-state index contributed by atoms with van der Waals surface area (Å²) in [6.45, 7) is 1.68. The molecule has 0 aliphatic carbocycles. The van der Waals surface area contributed by atoms with Crippen LogP contribution in [0.4, 0.5) is 0 Å². The summed E-state index contributed by atoms with van der Waals surface area (Å²) in [7, 11) is 1.27. The standard InChI is InChI=1S/C24H18O8/c1-14-13-19(31-23(28)17-5-3-15(4-6-17)21(25)26)11-12-20(14)32-24(29)18-9-7-16(8-10-18)22(27)30-2/h3-13H,1-2H3,(H,25,26). The molecule has 0 amide bonds. The summed E-state index contributed by atoms with van der Waals surface area (Å²) in [6.07, 6.45) is 0. The first-order valence-electron chi connectivity index (χ1n) is 9.35. The van der Waals surface area contributed by atoms with Gasteiger partial charge in [-0.15, -0.1) is 0 Å². The number of aryl methyl sites for hydroxylation is 1. The van der Waals surface area contributed by atoms with Crippen LogP contribution in [-0.4, -0.2) is 36.1 Å². The fourth-order valence-corrected chi connectivity index (χ4v) is 2.73. The number of carboxylic acid groups (broad SMARTS) is 1. The number of benzene rings is 3. The number of carboxylic acids is 1. The third-order valence-electron chi connectivity index (χ3n) is 4.47. The monoisotopic (exact) mass is 434 g/mol. The van der Waals surface area contributed by atoms with Gasteiger partial charge >= 0.3 is 23.9 Å². The van der Waals surface area contributed by atoms with Crippen molar-refractivity contribution >= 4 is 23.9 Å². The minimum atomic E-state index is -1.09. The molecule has 8 nitrogen and oxygen atoms in total. The SMILES string of the molecule is COC(=O)c1ccc(C(=O)Oc2ccc(OC(=O)c3ccc(C(=O)O)cc3)cc2C)cc1. The topological polar surface area (TPSA) is 116 Å². The van der Waals surface area contributed by atoms with Gasteiger partial charge in [-0.25, -0.2) is 19.2 Å². The minimum Gasteiger partial charge on any atom is -0.478 e. The van der Waals surface area contributed by atoms with Gasteiger partial charge in [-0.05, 0) is 79.2 Å². The molecule has 0 aromatic heterocycles. The highest BCUT2D eigenvalue weighted by molar-refractivity contribution is 5.95. The minimum absolute atomic E-state index is 0.0588. The molecule has 0 radical (unpaired) electrons. The first kappa shape index (κ1) is 22.2. The van der Waals surface area contributed by atoms with E-state index in [1.54, 1.807) is 6.92 Å².